The third-order valence-electron chi connectivity index (χ3n) is 17.9. The van der Waals surface area contributed by atoms with Crippen LogP contribution in [0.25, 0.3) is 0 Å². The van der Waals surface area contributed by atoms with Gasteiger partial charge in [0.15, 0.2) is 53.0 Å². The van der Waals surface area contributed by atoms with Crippen LogP contribution in [0.15, 0.2) is 158 Å². The number of amides is 3. The predicted octanol–water partition coefficient (Wildman–Crippen LogP) is 9.68. The van der Waals surface area contributed by atoms with E-state index >= 15 is 0 Å². The third-order valence-corrected chi connectivity index (χ3v) is 17.9. The first-order valence-electron chi connectivity index (χ1n) is 34.0. The van der Waals surface area contributed by atoms with E-state index in [1.807, 2.05) is 18.6 Å². The highest BCUT2D eigenvalue weighted by atomic mass is 19.1. The van der Waals surface area contributed by atoms with Gasteiger partial charge in [-0.2, -0.15) is 0 Å². The molecule has 0 bridgehead atoms. The van der Waals surface area contributed by atoms with Crippen LogP contribution < -0.4 is 46.8 Å². The van der Waals surface area contributed by atoms with Gasteiger partial charge in [-0.15, -0.1) is 0 Å². The maximum Gasteiger partial charge on any atom is 0.270 e. The van der Waals surface area contributed by atoms with Crippen molar-refractivity contribution in [2.45, 2.75) is 135 Å². The Kier molecular flexibility index (Phi) is 21.1. The molecule has 3 aromatic carbocycles. The summed E-state index contributed by atoms with van der Waals surface area (Å²) in [6, 6.07) is 28.7. The van der Waals surface area contributed by atoms with E-state index in [4.69, 9.17) is 28.7 Å². The van der Waals surface area contributed by atoms with Gasteiger partial charge in [0.25, 0.3) is 34.4 Å². The van der Waals surface area contributed by atoms with Crippen LogP contribution in [-0.4, -0.2) is 99.8 Å². The fraction of sp³-hybridized carbons (Fsp3) is 0.320. The number of ether oxygens (including phenoxy) is 3. The van der Waals surface area contributed by atoms with E-state index in [0.29, 0.717) is 87.6 Å². The van der Waals surface area contributed by atoms with Crippen molar-refractivity contribution in [3.05, 3.63) is 261 Å². The summed E-state index contributed by atoms with van der Waals surface area (Å²) < 4.78 is 61.1. The summed E-state index contributed by atoms with van der Waals surface area (Å²) in [7, 11) is 4.15. The molecule has 105 heavy (non-hydrogen) atoms. The molecule has 6 aliphatic rings. The minimum absolute atomic E-state index is 0.0171. The molecule has 9 aromatic rings. The van der Waals surface area contributed by atoms with Gasteiger partial charge >= 0.3 is 0 Å². The molecule has 540 valence electrons. The van der Waals surface area contributed by atoms with Crippen molar-refractivity contribution >= 4 is 34.9 Å². The number of benzene rings is 3. The van der Waals surface area contributed by atoms with Crippen molar-refractivity contribution in [2.24, 2.45) is 15.5 Å². The summed E-state index contributed by atoms with van der Waals surface area (Å²) in [6.45, 7) is 5.63. The van der Waals surface area contributed by atoms with Gasteiger partial charge in [-0.25, -0.2) is 43.1 Å². The third kappa shape index (κ3) is 17.3. The molecule has 0 radical (unpaired) electrons. The van der Waals surface area contributed by atoms with Crippen LogP contribution in [0.4, 0.5) is 13.2 Å². The minimum Gasteiger partial charge on any atom is -0.494 e. The lowest BCUT2D eigenvalue weighted by molar-refractivity contribution is 0.0851. The van der Waals surface area contributed by atoms with Crippen molar-refractivity contribution in [1.82, 2.24) is 59.6 Å². The Morgan fingerprint density at radius 2 is 0.686 bits per heavy atom. The number of nitrogens with zero attached hydrogens (tertiary/aromatic N) is 12. The number of aryl methyl sites for hydroxylation is 3. The first-order chi connectivity index (χ1) is 50.7. The number of aromatic nitrogens is 9. The molecule has 1 unspecified atom stereocenters. The zero-order valence-electron chi connectivity index (χ0n) is 58.0. The van der Waals surface area contributed by atoms with Gasteiger partial charge in [0, 0.05) is 111 Å². The number of rotatable bonds is 21. The van der Waals surface area contributed by atoms with Crippen LogP contribution in [0.1, 0.15) is 194 Å². The second-order valence-electron chi connectivity index (χ2n) is 25.8. The van der Waals surface area contributed by atoms with Crippen molar-refractivity contribution < 1.29 is 56.3 Å². The van der Waals surface area contributed by atoms with Crippen molar-refractivity contribution in [3.63, 3.8) is 0 Å². The average molecular weight is 1430 g/mol. The van der Waals surface area contributed by atoms with Gasteiger partial charge in [-0.3, -0.25) is 28.8 Å². The highest BCUT2D eigenvalue weighted by molar-refractivity contribution is 6.03. The Morgan fingerprint density at radius 1 is 0.410 bits per heavy atom. The number of halogens is 3. The number of pyridine rings is 3. The van der Waals surface area contributed by atoms with Gasteiger partial charge in [-0.1, -0.05) is 33.7 Å². The Balaban J connectivity index is 0.000000140. The molecule has 3 aliphatic heterocycles. The molecule has 3 N–H and O–H groups in total. The predicted molar refractivity (Wildman–Crippen MR) is 375 cm³/mol. The molecule has 27 nitrogen and oxygen atoms in total. The molecule has 15 rings (SSSR count). The van der Waals surface area contributed by atoms with E-state index in [1.165, 1.54) is 57.7 Å². The first-order valence-corrected chi connectivity index (χ1v) is 34.0. The fourth-order valence-corrected chi connectivity index (χ4v) is 11.9. The van der Waals surface area contributed by atoms with Gasteiger partial charge in [-0.05, 0) is 149 Å². The highest BCUT2D eigenvalue weighted by Crippen LogP contribution is 2.39. The molecule has 30 heteroatoms. The van der Waals surface area contributed by atoms with Crippen molar-refractivity contribution in [2.75, 3.05) is 21.3 Å². The average Bonchev–Trinajstić information content (AvgIpc) is 1.65. The zero-order chi connectivity index (χ0) is 73.6. The summed E-state index contributed by atoms with van der Waals surface area (Å²) >= 11 is 0. The monoisotopic (exact) mass is 1430 g/mol. The van der Waals surface area contributed by atoms with E-state index in [0.717, 1.165) is 55.2 Å². The van der Waals surface area contributed by atoms with Gasteiger partial charge < -0.3 is 58.4 Å². The van der Waals surface area contributed by atoms with Crippen molar-refractivity contribution in [1.29, 1.82) is 0 Å². The quantitative estimate of drug-likeness (QED) is 0.0602. The number of hydrogen-bond acceptors (Lipinski definition) is 21. The van der Waals surface area contributed by atoms with Crippen LogP contribution in [0.3, 0.4) is 0 Å². The Hall–Kier alpha value is -12.2. The standard InChI is InChI=1S/3C25H24FN5O4/c3*1-14-28-19(10-21(29-14)25(33)27-12-15-3-7-18(26)23(9-15)34-2)20-11-22(35-30-20)16-4-8-24(32)31(13-16)17-5-6-17/h3*3-4,7-10,13,17,22H,5-6,11-12H2,1-2H3,(H,27,33)/t2*22-;/m10./s1. The summed E-state index contributed by atoms with van der Waals surface area (Å²) in [4.78, 5) is 118. The van der Waals surface area contributed by atoms with Gasteiger partial charge in [0.2, 0.25) is 0 Å². The summed E-state index contributed by atoms with van der Waals surface area (Å²) in [5, 5.41) is 20.9. The molecule has 3 atom stereocenters. The normalized spacial score (nSPS) is 17.0. The second kappa shape index (κ2) is 31.2. The number of carbonyl (C=O) groups is 3. The van der Waals surface area contributed by atoms with Gasteiger partial charge in [0.1, 0.15) is 51.7 Å². The lowest BCUT2D eigenvalue weighted by Crippen LogP contribution is -2.25. The zero-order valence-corrected chi connectivity index (χ0v) is 58.0. The van der Waals surface area contributed by atoms with E-state index in [-0.39, 0.29) is 107 Å². The first kappa shape index (κ1) is 71.2. The maximum absolute atomic E-state index is 13.6. The van der Waals surface area contributed by atoms with Crippen molar-refractivity contribution in [3.8, 4) is 17.2 Å². The maximum atomic E-state index is 13.6. The largest absolute Gasteiger partial charge is 0.494 e. The molecule has 0 saturated heterocycles. The molecule has 3 fully saturated rings. The lowest BCUT2D eigenvalue weighted by Gasteiger charge is -2.11. The van der Waals surface area contributed by atoms with E-state index in [9.17, 15) is 41.9 Å². The Morgan fingerprint density at radius 3 is 0.943 bits per heavy atom. The molecule has 6 aromatic heterocycles. The lowest BCUT2D eigenvalue weighted by atomic mass is 10.0. The van der Waals surface area contributed by atoms with E-state index < -0.39 is 35.2 Å². The smallest absolute Gasteiger partial charge is 0.270 e. The van der Waals surface area contributed by atoms with Crippen LogP contribution in [0, 0.1) is 38.2 Å². The molecular weight excluding hydrogens is 1360 g/mol. The summed E-state index contributed by atoms with van der Waals surface area (Å²) in [6.07, 6.45) is 11.9. The minimum atomic E-state index is -0.470. The second-order valence-corrected chi connectivity index (χ2v) is 25.8. The van der Waals surface area contributed by atoms with Gasteiger partial charge in [0.05, 0.1) is 38.4 Å². The van der Waals surface area contributed by atoms with Crippen LogP contribution in [0.5, 0.6) is 17.2 Å². The number of methoxy groups -OCH3 is 3. The molecular formula is C75H72F3N15O12. The van der Waals surface area contributed by atoms with E-state index in [1.54, 1.807) is 107 Å². The molecule has 3 aliphatic carbocycles. The topological polar surface area (TPSA) is 323 Å². The number of oxime groups is 3. The van der Waals surface area contributed by atoms with Crippen LogP contribution >= 0.6 is 0 Å². The number of carbonyl (C=O) groups excluding carboxylic acids is 3. The fourth-order valence-electron chi connectivity index (χ4n) is 11.9. The Bertz CT molecular complexity index is 4650. The SMILES string of the molecule is COc1cc(CNC(=O)c2cc(C3=NOC(c4ccc(=O)n(C5CC5)c4)C3)nc(C)n2)ccc1F.COc1cc(CNC(=O)c2cc(C3=NO[C@@H](c4ccc(=O)n(C5CC5)c4)C3)nc(C)n2)ccc1F.COc1cc(CNC(=O)c2cc(C3=NO[C@H](c4ccc(=O)n(C5CC5)c4)C3)nc(C)n2)ccc1F. The Labute approximate surface area is 598 Å². The van der Waals surface area contributed by atoms with Crippen LogP contribution in [-0.2, 0) is 34.1 Å². The van der Waals surface area contributed by atoms with Crippen LogP contribution in [0.2, 0.25) is 0 Å². The van der Waals surface area contributed by atoms with E-state index in [2.05, 4.69) is 61.3 Å². The number of nitrogens with one attached hydrogen (secondary N) is 3. The molecule has 9 heterocycles. The summed E-state index contributed by atoms with van der Waals surface area (Å²) in [5.41, 5.74) is 8.49. The summed E-state index contributed by atoms with van der Waals surface area (Å²) in [5.74, 6) is -1.00. The number of hydrogen-bond donors (Lipinski definition) is 3. The molecule has 3 saturated carbocycles. The highest BCUT2D eigenvalue weighted by Gasteiger charge is 2.33. The molecule has 3 amide bonds. The molecule has 0 spiro atoms.